The topological polar surface area (TPSA) is 57.8 Å². The molecule has 1 aromatic carbocycles. The lowest BCUT2D eigenvalue weighted by atomic mass is 10.1. The van der Waals surface area contributed by atoms with Gasteiger partial charge in [-0.05, 0) is 12.5 Å². The van der Waals surface area contributed by atoms with Crippen LogP contribution in [0.2, 0.25) is 0 Å². The number of aryl methyl sites for hydroxylation is 1. The highest BCUT2D eigenvalue weighted by atomic mass is 16.1. The van der Waals surface area contributed by atoms with Crippen LogP contribution in [0.3, 0.4) is 0 Å². The lowest BCUT2D eigenvalue weighted by molar-refractivity contribution is 0.0946. The Balaban J connectivity index is 1.93. The molecule has 0 spiro atoms. The van der Waals surface area contributed by atoms with E-state index in [0.29, 0.717) is 12.2 Å². The maximum Gasteiger partial charge on any atom is 0.269 e. The summed E-state index contributed by atoms with van der Waals surface area (Å²) >= 11 is 0. The lowest BCUT2D eigenvalue weighted by Gasteiger charge is -2.03. The van der Waals surface area contributed by atoms with Gasteiger partial charge in [-0.25, -0.2) is 4.98 Å². The molecule has 1 amide bonds. The summed E-state index contributed by atoms with van der Waals surface area (Å²) in [5.74, 6) is -0.141. The van der Waals surface area contributed by atoms with Crippen LogP contribution in [0.15, 0.2) is 36.8 Å². The highest BCUT2D eigenvalue weighted by molar-refractivity contribution is 5.91. The van der Waals surface area contributed by atoms with Crippen LogP contribution in [-0.2, 0) is 6.54 Å². The van der Waals surface area contributed by atoms with E-state index >= 15 is 0 Å². The third-order valence-electron chi connectivity index (χ3n) is 2.32. The van der Waals surface area contributed by atoms with Gasteiger partial charge in [0.05, 0.1) is 12.5 Å². The van der Waals surface area contributed by atoms with Gasteiger partial charge in [-0.1, -0.05) is 29.8 Å². The number of hydrogen-bond acceptors (Lipinski definition) is 2. The third-order valence-corrected chi connectivity index (χ3v) is 2.32. The molecular weight excluding hydrogens is 202 g/mol. The van der Waals surface area contributed by atoms with Gasteiger partial charge in [-0.2, -0.15) is 0 Å². The van der Waals surface area contributed by atoms with Gasteiger partial charge in [-0.3, -0.25) is 4.79 Å². The van der Waals surface area contributed by atoms with Crippen molar-refractivity contribution in [3.05, 3.63) is 53.6 Å². The Hall–Kier alpha value is -2.10. The molecule has 0 saturated heterocycles. The van der Waals surface area contributed by atoms with Crippen LogP contribution in [0.4, 0.5) is 0 Å². The second kappa shape index (κ2) is 4.61. The minimum atomic E-state index is -0.141. The maximum atomic E-state index is 11.6. The Labute approximate surface area is 93.7 Å². The van der Waals surface area contributed by atoms with E-state index in [0.717, 1.165) is 5.56 Å². The van der Waals surface area contributed by atoms with Gasteiger partial charge in [0.15, 0.2) is 0 Å². The quantitative estimate of drug-likeness (QED) is 0.817. The molecule has 2 rings (SSSR count). The predicted molar refractivity (Wildman–Crippen MR) is 60.9 cm³/mol. The van der Waals surface area contributed by atoms with Crippen molar-refractivity contribution in [2.45, 2.75) is 13.5 Å². The average Bonchev–Trinajstić information content (AvgIpc) is 2.81. The molecule has 16 heavy (non-hydrogen) atoms. The van der Waals surface area contributed by atoms with Crippen LogP contribution in [0.5, 0.6) is 0 Å². The molecule has 0 bridgehead atoms. The number of rotatable bonds is 3. The van der Waals surface area contributed by atoms with Crippen LogP contribution in [0.25, 0.3) is 0 Å². The number of H-pyrrole nitrogens is 1. The molecule has 0 fully saturated rings. The van der Waals surface area contributed by atoms with Gasteiger partial charge in [0.2, 0.25) is 0 Å². The standard InChI is InChI=1S/C12H13N3O/c1-9-2-4-10(5-3-9)6-14-12(16)11-7-13-8-15-11/h2-5,7-8H,6H2,1H3,(H,13,15)(H,14,16). The van der Waals surface area contributed by atoms with E-state index in [-0.39, 0.29) is 5.91 Å². The van der Waals surface area contributed by atoms with Crippen molar-refractivity contribution in [1.29, 1.82) is 0 Å². The van der Waals surface area contributed by atoms with Crippen LogP contribution >= 0.6 is 0 Å². The molecule has 82 valence electrons. The van der Waals surface area contributed by atoms with E-state index < -0.39 is 0 Å². The first-order chi connectivity index (χ1) is 7.75. The fraction of sp³-hybridized carbons (Fsp3) is 0.167. The van der Waals surface area contributed by atoms with Crippen LogP contribution in [0.1, 0.15) is 21.6 Å². The van der Waals surface area contributed by atoms with Gasteiger partial charge in [0, 0.05) is 6.54 Å². The summed E-state index contributed by atoms with van der Waals surface area (Å²) in [7, 11) is 0. The van der Waals surface area contributed by atoms with Crippen LogP contribution in [0, 0.1) is 6.92 Å². The summed E-state index contributed by atoms with van der Waals surface area (Å²) < 4.78 is 0. The molecule has 0 atom stereocenters. The minimum Gasteiger partial charge on any atom is -0.347 e. The minimum absolute atomic E-state index is 0.141. The second-order valence-corrected chi connectivity index (χ2v) is 3.63. The van der Waals surface area contributed by atoms with E-state index in [1.165, 1.54) is 18.1 Å². The molecule has 0 unspecified atom stereocenters. The van der Waals surface area contributed by atoms with Gasteiger partial charge in [0.1, 0.15) is 5.69 Å². The number of imidazole rings is 1. The van der Waals surface area contributed by atoms with E-state index in [9.17, 15) is 4.79 Å². The molecule has 2 aromatic rings. The predicted octanol–water partition coefficient (Wildman–Crippen LogP) is 1.65. The van der Waals surface area contributed by atoms with Crippen LogP contribution in [-0.4, -0.2) is 15.9 Å². The van der Waals surface area contributed by atoms with E-state index in [4.69, 9.17) is 0 Å². The molecule has 2 N–H and O–H groups in total. The van der Waals surface area contributed by atoms with Crippen molar-refractivity contribution >= 4 is 5.91 Å². The highest BCUT2D eigenvalue weighted by Crippen LogP contribution is 2.02. The summed E-state index contributed by atoms with van der Waals surface area (Å²) in [6.45, 7) is 2.56. The number of carbonyl (C=O) groups excluding carboxylic acids is 1. The Morgan fingerprint density at radius 1 is 1.38 bits per heavy atom. The Bertz CT molecular complexity index is 460. The number of nitrogens with one attached hydrogen (secondary N) is 2. The molecule has 0 aliphatic heterocycles. The molecule has 1 heterocycles. The van der Waals surface area contributed by atoms with Crippen molar-refractivity contribution in [2.75, 3.05) is 0 Å². The lowest BCUT2D eigenvalue weighted by Crippen LogP contribution is -2.22. The number of carbonyl (C=O) groups is 1. The Kier molecular flexibility index (Phi) is 3.00. The molecule has 0 radical (unpaired) electrons. The molecule has 0 saturated carbocycles. The Morgan fingerprint density at radius 3 is 2.75 bits per heavy atom. The van der Waals surface area contributed by atoms with E-state index in [2.05, 4.69) is 15.3 Å². The maximum absolute atomic E-state index is 11.6. The first-order valence-electron chi connectivity index (χ1n) is 5.08. The summed E-state index contributed by atoms with van der Waals surface area (Å²) in [6, 6.07) is 8.06. The molecule has 0 aliphatic carbocycles. The number of aromatic nitrogens is 2. The fourth-order valence-corrected chi connectivity index (χ4v) is 1.36. The zero-order chi connectivity index (χ0) is 11.4. The molecule has 4 heteroatoms. The van der Waals surface area contributed by atoms with Gasteiger partial charge >= 0.3 is 0 Å². The highest BCUT2D eigenvalue weighted by Gasteiger charge is 2.05. The molecule has 0 aliphatic rings. The molecular formula is C12H13N3O. The SMILES string of the molecule is Cc1ccc(CNC(=O)c2cnc[nH]2)cc1. The monoisotopic (exact) mass is 215 g/mol. The second-order valence-electron chi connectivity index (χ2n) is 3.63. The first kappa shape index (κ1) is 10.4. The fourth-order valence-electron chi connectivity index (χ4n) is 1.36. The number of nitrogens with zero attached hydrogens (tertiary/aromatic N) is 1. The van der Waals surface area contributed by atoms with Gasteiger partial charge in [0.25, 0.3) is 5.91 Å². The van der Waals surface area contributed by atoms with Gasteiger partial charge < -0.3 is 10.3 Å². The Morgan fingerprint density at radius 2 is 2.12 bits per heavy atom. The summed E-state index contributed by atoms with van der Waals surface area (Å²) in [6.07, 6.45) is 2.99. The molecule has 1 aromatic heterocycles. The van der Waals surface area contributed by atoms with Crippen molar-refractivity contribution in [2.24, 2.45) is 0 Å². The van der Waals surface area contributed by atoms with Gasteiger partial charge in [-0.15, -0.1) is 0 Å². The number of benzene rings is 1. The zero-order valence-corrected chi connectivity index (χ0v) is 9.03. The summed E-state index contributed by atoms with van der Waals surface area (Å²) in [4.78, 5) is 18.1. The number of amides is 1. The van der Waals surface area contributed by atoms with Crippen molar-refractivity contribution < 1.29 is 4.79 Å². The normalized spacial score (nSPS) is 10.1. The molecule has 4 nitrogen and oxygen atoms in total. The van der Waals surface area contributed by atoms with Crippen molar-refractivity contribution in [3.63, 3.8) is 0 Å². The van der Waals surface area contributed by atoms with Crippen molar-refractivity contribution in [1.82, 2.24) is 15.3 Å². The van der Waals surface area contributed by atoms with Crippen LogP contribution < -0.4 is 5.32 Å². The summed E-state index contributed by atoms with van der Waals surface area (Å²) in [5.41, 5.74) is 2.77. The largest absolute Gasteiger partial charge is 0.347 e. The summed E-state index contributed by atoms with van der Waals surface area (Å²) in [5, 5.41) is 2.81. The zero-order valence-electron chi connectivity index (χ0n) is 9.03. The van der Waals surface area contributed by atoms with E-state index in [1.54, 1.807) is 0 Å². The average molecular weight is 215 g/mol. The van der Waals surface area contributed by atoms with Crippen molar-refractivity contribution in [3.8, 4) is 0 Å². The number of aromatic amines is 1. The first-order valence-corrected chi connectivity index (χ1v) is 5.08. The van der Waals surface area contributed by atoms with E-state index in [1.807, 2.05) is 31.2 Å². The smallest absolute Gasteiger partial charge is 0.269 e. The third kappa shape index (κ3) is 2.48. The number of hydrogen-bond donors (Lipinski definition) is 2.